The molecule has 1 fully saturated rings. The summed E-state index contributed by atoms with van der Waals surface area (Å²) in [6.45, 7) is 4.00. The predicted molar refractivity (Wildman–Crippen MR) is 82.6 cm³/mol. The molecule has 1 aromatic carbocycles. The number of nitrogens with zero attached hydrogens (tertiary/aromatic N) is 1. The van der Waals surface area contributed by atoms with Gasteiger partial charge in [-0.05, 0) is 30.7 Å². The second kappa shape index (κ2) is 6.60. The molecule has 118 valence electrons. The molecule has 0 aromatic heterocycles. The van der Waals surface area contributed by atoms with Crippen molar-refractivity contribution in [1.82, 2.24) is 0 Å². The third-order valence-corrected chi connectivity index (χ3v) is 3.98. The fourth-order valence-corrected chi connectivity index (χ4v) is 2.30. The van der Waals surface area contributed by atoms with Gasteiger partial charge in [-0.3, -0.25) is 14.4 Å². The van der Waals surface area contributed by atoms with Crippen LogP contribution in [-0.2, 0) is 14.4 Å². The van der Waals surface area contributed by atoms with Crippen molar-refractivity contribution in [2.24, 2.45) is 11.8 Å². The second-order valence-corrected chi connectivity index (χ2v) is 5.59. The van der Waals surface area contributed by atoms with Crippen molar-refractivity contribution in [1.29, 1.82) is 0 Å². The maximum atomic E-state index is 11.9. The number of nitrogens with one attached hydrogen (secondary N) is 1. The Morgan fingerprint density at radius 2 is 2.00 bits per heavy atom. The molecule has 6 nitrogen and oxygen atoms in total. The Hall–Kier alpha value is -2.37. The van der Waals surface area contributed by atoms with E-state index >= 15 is 0 Å². The van der Waals surface area contributed by atoms with Gasteiger partial charge in [0.05, 0.1) is 5.92 Å². The average molecular weight is 304 g/mol. The van der Waals surface area contributed by atoms with Gasteiger partial charge in [0.15, 0.2) is 0 Å². The molecule has 6 heteroatoms. The minimum absolute atomic E-state index is 0.0296. The maximum Gasteiger partial charge on any atom is 0.308 e. The molecule has 0 aliphatic carbocycles. The Labute approximate surface area is 129 Å². The first-order valence-corrected chi connectivity index (χ1v) is 7.36. The summed E-state index contributed by atoms with van der Waals surface area (Å²) in [5.41, 5.74) is 1.31. The zero-order valence-electron chi connectivity index (χ0n) is 12.7. The molecule has 1 saturated heterocycles. The van der Waals surface area contributed by atoms with Gasteiger partial charge in [0.25, 0.3) is 0 Å². The Kier molecular flexibility index (Phi) is 4.80. The van der Waals surface area contributed by atoms with Gasteiger partial charge in [-0.1, -0.05) is 13.8 Å². The molecule has 0 unspecified atom stereocenters. The van der Waals surface area contributed by atoms with E-state index in [9.17, 15) is 14.4 Å². The summed E-state index contributed by atoms with van der Waals surface area (Å²) in [5, 5.41) is 11.8. The van der Waals surface area contributed by atoms with Crippen molar-refractivity contribution in [3.63, 3.8) is 0 Å². The average Bonchev–Trinajstić information content (AvgIpc) is 2.89. The molecule has 0 radical (unpaired) electrons. The number of hydrogen-bond acceptors (Lipinski definition) is 3. The van der Waals surface area contributed by atoms with Crippen LogP contribution in [0.1, 0.15) is 26.7 Å². The Morgan fingerprint density at radius 1 is 1.36 bits per heavy atom. The van der Waals surface area contributed by atoms with E-state index in [0.717, 1.165) is 6.42 Å². The van der Waals surface area contributed by atoms with Gasteiger partial charge in [-0.15, -0.1) is 0 Å². The van der Waals surface area contributed by atoms with Crippen LogP contribution in [0.25, 0.3) is 0 Å². The monoisotopic (exact) mass is 304 g/mol. The van der Waals surface area contributed by atoms with Gasteiger partial charge in [-0.25, -0.2) is 0 Å². The van der Waals surface area contributed by atoms with E-state index in [4.69, 9.17) is 5.11 Å². The number of hydrogen-bond donors (Lipinski definition) is 2. The van der Waals surface area contributed by atoms with Crippen molar-refractivity contribution in [2.75, 3.05) is 16.8 Å². The van der Waals surface area contributed by atoms with Crippen LogP contribution in [0.4, 0.5) is 11.4 Å². The molecular weight excluding hydrogens is 284 g/mol. The molecule has 2 N–H and O–H groups in total. The van der Waals surface area contributed by atoms with Crippen LogP contribution in [0.15, 0.2) is 24.3 Å². The lowest BCUT2D eigenvalue weighted by Crippen LogP contribution is -2.25. The largest absolute Gasteiger partial charge is 0.481 e. The minimum Gasteiger partial charge on any atom is -0.481 e. The number of carboxylic acids is 1. The standard InChI is InChI=1S/C16H20N2O4/c1-3-10(2)15(20)17-12-4-6-13(7-5-12)18-9-11(16(21)22)8-14(18)19/h4-7,10-11H,3,8-9H2,1-2H3,(H,17,20)(H,21,22)/t10-,11-/m0/s1. The molecule has 1 aliphatic rings. The van der Waals surface area contributed by atoms with Crippen molar-refractivity contribution in [3.05, 3.63) is 24.3 Å². The highest BCUT2D eigenvalue weighted by Crippen LogP contribution is 2.26. The van der Waals surface area contributed by atoms with Crippen LogP contribution >= 0.6 is 0 Å². The lowest BCUT2D eigenvalue weighted by atomic mass is 10.1. The van der Waals surface area contributed by atoms with Crippen LogP contribution in [0.2, 0.25) is 0 Å². The molecule has 2 rings (SSSR count). The van der Waals surface area contributed by atoms with Gasteiger partial charge in [0, 0.05) is 30.3 Å². The number of carboxylic acid groups (broad SMARTS) is 1. The summed E-state index contributed by atoms with van der Waals surface area (Å²) < 4.78 is 0. The molecule has 0 spiro atoms. The molecular formula is C16H20N2O4. The number of aliphatic carboxylic acids is 1. The normalized spacial score (nSPS) is 19.1. The summed E-state index contributed by atoms with van der Waals surface area (Å²) in [6.07, 6.45) is 0.796. The van der Waals surface area contributed by atoms with Crippen molar-refractivity contribution < 1.29 is 19.5 Å². The second-order valence-electron chi connectivity index (χ2n) is 5.59. The van der Waals surface area contributed by atoms with Crippen LogP contribution in [0.3, 0.4) is 0 Å². The van der Waals surface area contributed by atoms with E-state index in [-0.39, 0.29) is 30.7 Å². The van der Waals surface area contributed by atoms with E-state index in [1.165, 1.54) is 4.90 Å². The van der Waals surface area contributed by atoms with E-state index in [1.54, 1.807) is 24.3 Å². The van der Waals surface area contributed by atoms with Crippen LogP contribution in [0, 0.1) is 11.8 Å². The number of benzene rings is 1. The topological polar surface area (TPSA) is 86.7 Å². The first kappa shape index (κ1) is 16.0. The SMILES string of the molecule is CC[C@H](C)C(=O)Nc1ccc(N2C[C@@H](C(=O)O)CC2=O)cc1. The molecule has 2 atom stereocenters. The Bertz CT molecular complexity index is 582. The van der Waals surface area contributed by atoms with E-state index in [2.05, 4.69) is 5.32 Å². The summed E-state index contributed by atoms with van der Waals surface area (Å²) in [6, 6.07) is 6.87. The smallest absolute Gasteiger partial charge is 0.308 e. The van der Waals surface area contributed by atoms with Gasteiger partial charge in [0.1, 0.15) is 0 Å². The highest BCUT2D eigenvalue weighted by molar-refractivity contribution is 5.99. The number of anilines is 2. The zero-order valence-corrected chi connectivity index (χ0v) is 12.7. The fourth-order valence-electron chi connectivity index (χ4n) is 2.30. The van der Waals surface area contributed by atoms with Crippen LogP contribution in [-0.4, -0.2) is 29.4 Å². The highest BCUT2D eigenvalue weighted by Gasteiger charge is 2.34. The summed E-state index contributed by atoms with van der Waals surface area (Å²) in [7, 11) is 0. The zero-order chi connectivity index (χ0) is 16.3. The van der Waals surface area contributed by atoms with E-state index in [1.807, 2.05) is 13.8 Å². The van der Waals surface area contributed by atoms with Gasteiger partial charge in [0.2, 0.25) is 11.8 Å². The number of carbonyl (C=O) groups is 3. The number of rotatable bonds is 5. The molecule has 0 bridgehead atoms. The van der Waals surface area contributed by atoms with E-state index in [0.29, 0.717) is 11.4 Å². The van der Waals surface area contributed by atoms with Gasteiger partial charge in [-0.2, -0.15) is 0 Å². The molecule has 1 aliphatic heterocycles. The van der Waals surface area contributed by atoms with Crippen molar-refractivity contribution >= 4 is 29.2 Å². The fraction of sp³-hybridized carbons (Fsp3) is 0.438. The summed E-state index contributed by atoms with van der Waals surface area (Å²) in [5.74, 6) is -1.90. The van der Waals surface area contributed by atoms with Gasteiger partial charge < -0.3 is 15.3 Å². The maximum absolute atomic E-state index is 11.9. The molecule has 1 heterocycles. The Balaban J connectivity index is 2.05. The van der Waals surface area contributed by atoms with Gasteiger partial charge >= 0.3 is 5.97 Å². The van der Waals surface area contributed by atoms with Crippen LogP contribution < -0.4 is 10.2 Å². The highest BCUT2D eigenvalue weighted by atomic mass is 16.4. The molecule has 0 saturated carbocycles. The van der Waals surface area contributed by atoms with Crippen molar-refractivity contribution in [3.8, 4) is 0 Å². The molecule has 1 aromatic rings. The lowest BCUT2D eigenvalue weighted by Gasteiger charge is -2.17. The quantitative estimate of drug-likeness (QED) is 0.872. The third-order valence-electron chi connectivity index (χ3n) is 3.98. The Morgan fingerprint density at radius 3 is 2.50 bits per heavy atom. The van der Waals surface area contributed by atoms with E-state index < -0.39 is 11.9 Å². The first-order chi connectivity index (χ1) is 10.4. The summed E-state index contributed by atoms with van der Waals surface area (Å²) in [4.78, 5) is 36.1. The number of amides is 2. The summed E-state index contributed by atoms with van der Waals surface area (Å²) >= 11 is 0. The predicted octanol–water partition coefficient (Wildman–Crippen LogP) is 2.11. The number of carbonyl (C=O) groups excluding carboxylic acids is 2. The third kappa shape index (κ3) is 3.44. The van der Waals surface area contributed by atoms with Crippen LogP contribution in [0.5, 0.6) is 0 Å². The minimum atomic E-state index is -0.951. The van der Waals surface area contributed by atoms with Crippen molar-refractivity contribution in [2.45, 2.75) is 26.7 Å². The lowest BCUT2D eigenvalue weighted by molar-refractivity contribution is -0.141. The molecule has 2 amide bonds. The first-order valence-electron chi connectivity index (χ1n) is 7.36. The molecule has 22 heavy (non-hydrogen) atoms.